The maximum atomic E-state index is 13.0. The van der Waals surface area contributed by atoms with Crippen molar-refractivity contribution in [3.8, 4) is 5.69 Å². The highest BCUT2D eigenvalue weighted by Gasteiger charge is 2.30. The Kier molecular flexibility index (Phi) is 6.03. The summed E-state index contributed by atoms with van der Waals surface area (Å²) >= 11 is 0. The van der Waals surface area contributed by atoms with E-state index in [9.17, 15) is 22.8 Å². The number of fused-ring (bicyclic) bond motifs is 1. The first-order chi connectivity index (χ1) is 16.1. The zero-order chi connectivity index (χ0) is 24.6. The Labute approximate surface area is 193 Å². The van der Waals surface area contributed by atoms with Crippen LogP contribution in [0.5, 0.6) is 0 Å². The van der Waals surface area contributed by atoms with E-state index in [0.29, 0.717) is 17.8 Å². The maximum Gasteiger partial charge on any atom is 0.416 e. The van der Waals surface area contributed by atoms with Gasteiger partial charge in [-0.2, -0.15) is 18.3 Å². The third kappa shape index (κ3) is 4.46. The van der Waals surface area contributed by atoms with Gasteiger partial charge in [-0.25, -0.2) is 4.68 Å². The summed E-state index contributed by atoms with van der Waals surface area (Å²) in [6, 6.07) is 13.4. The fraction of sp³-hybridized carbons (Fsp3) is 0.240. The second-order valence-electron chi connectivity index (χ2n) is 8.11. The average molecular weight is 468 g/mol. The molecule has 6 nitrogen and oxygen atoms in total. The van der Waals surface area contributed by atoms with Gasteiger partial charge in [0.2, 0.25) is 5.91 Å². The van der Waals surface area contributed by atoms with Gasteiger partial charge in [0.05, 0.1) is 16.9 Å². The van der Waals surface area contributed by atoms with Crippen molar-refractivity contribution in [2.24, 2.45) is 0 Å². The van der Waals surface area contributed by atoms with Gasteiger partial charge in [0.15, 0.2) is 0 Å². The van der Waals surface area contributed by atoms with Crippen LogP contribution < -0.4 is 10.9 Å². The van der Waals surface area contributed by atoms with Crippen molar-refractivity contribution in [2.75, 3.05) is 5.32 Å². The molecular weight excluding hydrogens is 445 g/mol. The quantitative estimate of drug-likeness (QED) is 0.447. The number of aryl methyl sites for hydroxylation is 3. The third-order valence-corrected chi connectivity index (χ3v) is 5.61. The van der Waals surface area contributed by atoms with Crippen molar-refractivity contribution in [3.05, 3.63) is 87.3 Å². The van der Waals surface area contributed by atoms with E-state index in [1.54, 1.807) is 4.68 Å². The van der Waals surface area contributed by atoms with Crippen LogP contribution in [-0.2, 0) is 23.9 Å². The predicted octanol–water partition coefficient (Wildman–Crippen LogP) is 5.02. The van der Waals surface area contributed by atoms with Crippen LogP contribution in [0.2, 0.25) is 0 Å². The van der Waals surface area contributed by atoms with Crippen LogP contribution in [0.15, 0.2) is 59.4 Å². The maximum absolute atomic E-state index is 13.0. The summed E-state index contributed by atoms with van der Waals surface area (Å²) in [6.45, 7) is 5.34. The minimum Gasteiger partial charge on any atom is -0.325 e. The molecule has 1 amide bonds. The molecular formula is C25H23F3N4O2. The number of hydrogen-bond donors (Lipinski definition) is 1. The number of benzene rings is 2. The second-order valence-corrected chi connectivity index (χ2v) is 8.11. The number of nitrogens with one attached hydrogen (secondary N) is 1. The summed E-state index contributed by atoms with van der Waals surface area (Å²) in [5.74, 6) is -0.624. The number of alkyl halides is 3. The van der Waals surface area contributed by atoms with Crippen LogP contribution >= 0.6 is 0 Å². The largest absolute Gasteiger partial charge is 0.416 e. The lowest BCUT2D eigenvalue weighted by Gasteiger charge is -2.14. The standard InChI is InChI=1S/C25H23F3N4O2/c1-4-17-12-22(34)31(14-21(33)29-19-7-5-6-18(13-19)25(26,27)28)24-23(17)16(3)30-32(24)20-10-8-15(2)9-11-20/h5-13H,4,14H2,1-3H3,(H,29,33). The summed E-state index contributed by atoms with van der Waals surface area (Å²) in [7, 11) is 0. The Morgan fingerprint density at radius 2 is 1.76 bits per heavy atom. The van der Waals surface area contributed by atoms with Crippen molar-refractivity contribution >= 4 is 22.6 Å². The summed E-state index contributed by atoms with van der Waals surface area (Å²) in [4.78, 5) is 25.8. The fourth-order valence-electron chi connectivity index (χ4n) is 3.96. The zero-order valence-corrected chi connectivity index (χ0v) is 18.9. The zero-order valence-electron chi connectivity index (χ0n) is 18.9. The Hall–Kier alpha value is -3.88. The highest BCUT2D eigenvalue weighted by atomic mass is 19.4. The lowest BCUT2D eigenvalue weighted by molar-refractivity contribution is -0.137. The molecule has 4 rings (SSSR count). The van der Waals surface area contributed by atoms with Crippen LogP contribution in [0.4, 0.5) is 18.9 Å². The molecule has 2 aromatic carbocycles. The van der Waals surface area contributed by atoms with Crippen LogP contribution in [0.3, 0.4) is 0 Å². The topological polar surface area (TPSA) is 68.9 Å². The minimum atomic E-state index is -4.53. The molecule has 9 heteroatoms. The van der Waals surface area contributed by atoms with Gasteiger partial charge < -0.3 is 5.32 Å². The van der Waals surface area contributed by atoms with Gasteiger partial charge in [-0.1, -0.05) is 30.7 Å². The van der Waals surface area contributed by atoms with E-state index in [0.717, 1.165) is 34.3 Å². The van der Waals surface area contributed by atoms with Crippen LogP contribution in [-0.4, -0.2) is 20.3 Å². The first-order valence-corrected chi connectivity index (χ1v) is 10.7. The number of halogens is 3. The van der Waals surface area contributed by atoms with Gasteiger partial charge in [-0.3, -0.25) is 14.2 Å². The first kappa shape index (κ1) is 23.3. The Bertz CT molecular complexity index is 1430. The summed E-state index contributed by atoms with van der Waals surface area (Å²) < 4.78 is 42.0. The van der Waals surface area contributed by atoms with Crippen LogP contribution in [0.25, 0.3) is 16.7 Å². The second kappa shape index (κ2) is 8.81. The molecule has 0 radical (unpaired) electrons. The number of rotatable bonds is 5. The Balaban J connectivity index is 1.78. The number of aromatic nitrogens is 3. The van der Waals surface area contributed by atoms with E-state index < -0.39 is 23.2 Å². The van der Waals surface area contributed by atoms with Gasteiger partial charge in [0.25, 0.3) is 5.56 Å². The van der Waals surface area contributed by atoms with Crippen molar-refractivity contribution in [3.63, 3.8) is 0 Å². The minimum absolute atomic E-state index is 0.00230. The van der Waals surface area contributed by atoms with E-state index >= 15 is 0 Å². The number of amides is 1. The molecule has 0 unspecified atom stereocenters. The van der Waals surface area contributed by atoms with Crippen molar-refractivity contribution in [1.82, 2.24) is 14.3 Å². The summed E-state index contributed by atoms with van der Waals surface area (Å²) in [5, 5.41) is 7.87. The summed E-state index contributed by atoms with van der Waals surface area (Å²) in [5.41, 5.74) is 2.50. The SMILES string of the molecule is CCc1cc(=O)n(CC(=O)Nc2cccc(C(F)(F)F)c2)c2c1c(C)nn2-c1ccc(C)cc1. The van der Waals surface area contributed by atoms with Crippen molar-refractivity contribution in [2.45, 2.75) is 39.9 Å². The molecule has 2 heterocycles. The lowest BCUT2D eigenvalue weighted by Crippen LogP contribution is -2.29. The van der Waals surface area contributed by atoms with Gasteiger partial charge in [-0.05, 0) is 56.2 Å². The van der Waals surface area contributed by atoms with E-state index in [2.05, 4.69) is 10.4 Å². The first-order valence-electron chi connectivity index (χ1n) is 10.7. The van der Waals surface area contributed by atoms with Gasteiger partial charge in [0, 0.05) is 17.1 Å². The monoisotopic (exact) mass is 468 g/mol. The molecule has 2 aromatic heterocycles. The normalized spacial score (nSPS) is 11.7. The van der Waals surface area contributed by atoms with Gasteiger partial charge in [0.1, 0.15) is 12.2 Å². The number of pyridine rings is 1. The molecule has 0 aliphatic carbocycles. The summed E-state index contributed by atoms with van der Waals surface area (Å²) in [6.07, 6.45) is -3.93. The molecule has 4 aromatic rings. The van der Waals surface area contributed by atoms with Crippen LogP contribution in [0.1, 0.15) is 29.3 Å². The molecule has 34 heavy (non-hydrogen) atoms. The smallest absolute Gasteiger partial charge is 0.325 e. The molecule has 0 aliphatic heterocycles. The predicted molar refractivity (Wildman–Crippen MR) is 124 cm³/mol. The van der Waals surface area contributed by atoms with E-state index in [4.69, 9.17) is 0 Å². The van der Waals surface area contributed by atoms with Gasteiger partial charge >= 0.3 is 6.18 Å². The fourth-order valence-corrected chi connectivity index (χ4v) is 3.96. The lowest BCUT2D eigenvalue weighted by atomic mass is 10.1. The molecule has 0 aliphatic rings. The highest BCUT2D eigenvalue weighted by Crippen LogP contribution is 2.31. The highest BCUT2D eigenvalue weighted by molar-refractivity contribution is 5.92. The molecule has 0 saturated heterocycles. The van der Waals surface area contributed by atoms with Crippen LogP contribution in [0, 0.1) is 13.8 Å². The average Bonchev–Trinajstić information content (AvgIpc) is 3.13. The van der Waals surface area contributed by atoms with E-state index in [1.807, 2.05) is 45.0 Å². The van der Waals surface area contributed by atoms with Gasteiger partial charge in [-0.15, -0.1) is 0 Å². The van der Waals surface area contributed by atoms with Crippen molar-refractivity contribution < 1.29 is 18.0 Å². The molecule has 176 valence electrons. The molecule has 0 fully saturated rings. The molecule has 0 saturated carbocycles. The van der Waals surface area contributed by atoms with E-state index in [-0.39, 0.29) is 12.2 Å². The number of nitrogens with zero attached hydrogens (tertiary/aromatic N) is 3. The number of anilines is 1. The molecule has 0 spiro atoms. The van der Waals surface area contributed by atoms with E-state index in [1.165, 1.54) is 22.8 Å². The Morgan fingerprint density at radius 1 is 1.06 bits per heavy atom. The Morgan fingerprint density at radius 3 is 2.41 bits per heavy atom. The third-order valence-electron chi connectivity index (χ3n) is 5.61. The molecule has 0 atom stereocenters. The number of carbonyl (C=O) groups excluding carboxylic acids is 1. The number of carbonyl (C=O) groups is 1. The number of hydrogen-bond acceptors (Lipinski definition) is 3. The molecule has 0 bridgehead atoms. The molecule has 1 N–H and O–H groups in total. The van der Waals surface area contributed by atoms with Crippen molar-refractivity contribution in [1.29, 1.82) is 0 Å².